The van der Waals surface area contributed by atoms with Crippen LogP contribution < -0.4 is 0 Å². The smallest absolute Gasteiger partial charge is 0.280 e. The zero-order chi connectivity index (χ0) is 13.2. The van der Waals surface area contributed by atoms with E-state index in [4.69, 9.17) is 0 Å². The molecule has 0 radical (unpaired) electrons. The third-order valence-corrected chi connectivity index (χ3v) is 2.59. The minimum absolute atomic E-state index is 0.0927. The fraction of sp³-hybridized carbons (Fsp3) is 0.417. The van der Waals surface area contributed by atoms with Gasteiger partial charge in [0, 0.05) is 12.8 Å². The highest BCUT2D eigenvalue weighted by atomic mass is 19.3. The Morgan fingerprint density at radius 3 is 2.35 bits per heavy atom. The lowest BCUT2D eigenvalue weighted by Crippen LogP contribution is -2.13. The third kappa shape index (κ3) is 2.38. The van der Waals surface area contributed by atoms with Crippen LogP contribution >= 0.6 is 0 Å². The molecule has 0 aliphatic heterocycles. The molecule has 5 heteroatoms. The average molecular weight is 244 g/mol. The van der Waals surface area contributed by atoms with Gasteiger partial charge in [0.1, 0.15) is 17.1 Å². The molecule has 1 rings (SSSR count). The van der Waals surface area contributed by atoms with Crippen LogP contribution in [-0.2, 0) is 5.92 Å². The zero-order valence-electron chi connectivity index (χ0n) is 9.63. The molecule has 0 aromatic heterocycles. The lowest BCUT2D eigenvalue weighted by atomic mass is 9.97. The van der Waals surface area contributed by atoms with E-state index in [1.165, 1.54) is 6.92 Å². The number of alkyl halides is 2. The van der Waals surface area contributed by atoms with E-state index in [0.29, 0.717) is 0 Å². The summed E-state index contributed by atoms with van der Waals surface area (Å²) >= 11 is 0. The Bertz CT molecular complexity index is 442. The summed E-state index contributed by atoms with van der Waals surface area (Å²) in [5.41, 5.74) is -1.06. The van der Waals surface area contributed by atoms with Gasteiger partial charge in [-0.15, -0.1) is 0 Å². The van der Waals surface area contributed by atoms with Gasteiger partial charge in [-0.25, -0.2) is 8.78 Å². The van der Waals surface area contributed by atoms with Crippen LogP contribution in [0, 0.1) is 0 Å². The molecule has 0 saturated carbocycles. The van der Waals surface area contributed by atoms with Gasteiger partial charge in [0.2, 0.25) is 0 Å². The van der Waals surface area contributed by atoms with Crippen molar-refractivity contribution in [2.45, 2.75) is 32.6 Å². The van der Waals surface area contributed by atoms with E-state index in [-0.39, 0.29) is 12.0 Å². The largest absolute Gasteiger partial charge is 0.507 e. The molecule has 0 atom stereocenters. The van der Waals surface area contributed by atoms with Crippen LogP contribution in [0.25, 0.3) is 0 Å². The molecule has 94 valence electrons. The second-order valence-electron chi connectivity index (χ2n) is 3.69. The van der Waals surface area contributed by atoms with Gasteiger partial charge in [-0.1, -0.05) is 13.8 Å². The molecule has 0 aliphatic carbocycles. The molecule has 0 fully saturated rings. The van der Waals surface area contributed by atoms with Crippen LogP contribution in [0.3, 0.4) is 0 Å². The molecular formula is C12H14F2O3. The van der Waals surface area contributed by atoms with Gasteiger partial charge >= 0.3 is 0 Å². The van der Waals surface area contributed by atoms with Crippen molar-refractivity contribution in [1.29, 1.82) is 0 Å². The number of phenolic OH excluding ortho intramolecular Hbond substituents is 2. The summed E-state index contributed by atoms with van der Waals surface area (Å²) in [7, 11) is 0. The molecule has 0 amide bonds. The standard InChI is InChI=1S/C12H14F2O3/c1-3-8(15)7-5-6-9(16)10(11(7)17)12(13,14)4-2/h5-6,16-17H,3-4H2,1-2H3. The van der Waals surface area contributed by atoms with Crippen LogP contribution in [0.1, 0.15) is 42.6 Å². The van der Waals surface area contributed by atoms with Crippen molar-refractivity contribution in [1.82, 2.24) is 0 Å². The van der Waals surface area contributed by atoms with Gasteiger partial charge < -0.3 is 10.2 Å². The number of carbonyl (C=O) groups excluding carboxylic acids is 1. The predicted molar refractivity (Wildman–Crippen MR) is 58.6 cm³/mol. The van der Waals surface area contributed by atoms with E-state index in [1.807, 2.05) is 0 Å². The summed E-state index contributed by atoms with van der Waals surface area (Å²) in [6, 6.07) is 2.15. The normalized spacial score (nSPS) is 11.5. The first-order valence-electron chi connectivity index (χ1n) is 5.31. The fourth-order valence-electron chi connectivity index (χ4n) is 1.53. The Morgan fingerprint density at radius 2 is 1.88 bits per heavy atom. The molecule has 17 heavy (non-hydrogen) atoms. The maximum atomic E-state index is 13.5. The molecule has 3 nitrogen and oxygen atoms in total. The molecule has 0 bridgehead atoms. The summed E-state index contributed by atoms with van der Waals surface area (Å²) in [6.45, 7) is 2.79. The number of carbonyl (C=O) groups is 1. The molecule has 2 N–H and O–H groups in total. The highest BCUT2D eigenvalue weighted by Crippen LogP contribution is 2.44. The van der Waals surface area contributed by atoms with Crippen molar-refractivity contribution < 1.29 is 23.8 Å². The van der Waals surface area contributed by atoms with Gasteiger partial charge in [0.15, 0.2) is 5.78 Å². The number of halogens is 2. The summed E-state index contributed by atoms with van der Waals surface area (Å²) in [6.07, 6.45) is -0.479. The number of aromatic hydroxyl groups is 2. The minimum atomic E-state index is -3.36. The Morgan fingerprint density at radius 1 is 1.29 bits per heavy atom. The summed E-state index contributed by atoms with van der Waals surface area (Å²) in [5.74, 6) is -5.35. The van der Waals surface area contributed by atoms with E-state index in [2.05, 4.69) is 0 Å². The van der Waals surface area contributed by atoms with Crippen LogP contribution in [0.5, 0.6) is 11.5 Å². The molecule has 0 aliphatic rings. The van der Waals surface area contributed by atoms with Crippen molar-refractivity contribution >= 4 is 5.78 Å². The highest BCUT2D eigenvalue weighted by Gasteiger charge is 2.36. The van der Waals surface area contributed by atoms with E-state index >= 15 is 0 Å². The minimum Gasteiger partial charge on any atom is -0.507 e. The van der Waals surface area contributed by atoms with Crippen LogP contribution in [0.15, 0.2) is 12.1 Å². The monoisotopic (exact) mass is 244 g/mol. The topological polar surface area (TPSA) is 57.5 Å². The lowest BCUT2D eigenvalue weighted by molar-refractivity contribution is -0.0125. The molecule has 1 aromatic carbocycles. The first kappa shape index (κ1) is 13.4. The van der Waals surface area contributed by atoms with Gasteiger partial charge in [-0.2, -0.15) is 0 Å². The van der Waals surface area contributed by atoms with Gasteiger partial charge in [-0.05, 0) is 12.1 Å². The summed E-state index contributed by atoms with van der Waals surface area (Å²) in [5, 5.41) is 19.1. The SMILES string of the molecule is CCC(=O)c1ccc(O)c(C(F)(F)CC)c1O. The van der Waals surface area contributed by atoms with Gasteiger partial charge in [0.05, 0.1) is 5.56 Å². The first-order valence-corrected chi connectivity index (χ1v) is 5.31. The average Bonchev–Trinajstić information content (AvgIpc) is 2.28. The van der Waals surface area contributed by atoms with E-state index in [1.54, 1.807) is 6.92 Å². The van der Waals surface area contributed by atoms with Crippen molar-refractivity contribution in [3.8, 4) is 11.5 Å². The highest BCUT2D eigenvalue weighted by molar-refractivity contribution is 5.99. The maximum absolute atomic E-state index is 13.5. The third-order valence-electron chi connectivity index (χ3n) is 2.59. The number of phenols is 2. The Kier molecular flexibility index (Phi) is 3.70. The van der Waals surface area contributed by atoms with Crippen molar-refractivity contribution in [3.05, 3.63) is 23.3 Å². The Labute approximate surface area is 97.7 Å². The number of hydrogen-bond donors (Lipinski definition) is 2. The maximum Gasteiger partial charge on any atom is 0.280 e. The van der Waals surface area contributed by atoms with Crippen molar-refractivity contribution in [3.63, 3.8) is 0 Å². The van der Waals surface area contributed by atoms with Crippen LogP contribution in [0.4, 0.5) is 8.78 Å². The second kappa shape index (κ2) is 4.69. The number of hydrogen-bond acceptors (Lipinski definition) is 3. The van der Waals surface area contributed by atoms with Crippen molar-refractivity contribution in [2.75, 3.05) is 0 Å². The number of Topliss-reactive ketones (excluding diaryl/α,β-unsaturated/α-hetero) is 1. The van der Waals surface area contributed by atoms with Crippen LogP contribution in [-0.4, -0.2) is 16.0 Å². The molecule has 0 unspecified atom stereocenters. The van der Waals surface area contributed by atoms with E-state index in [9.17, 15) is 23.8 Å². The Hall–Kier alpha value is -1.65. The lowest BCUT2D eigenvalue weighted by Gasteiger charge is -2.18. The first-order chi connectivity index (χ1) is 7.85. The van der Waals surface area contributed by atoms with Crippen LogP contribution in [0.2, 0.25) is 0 Å². The van der Waals surface area contributed by atoms with Crippen molar-refractivity contribution in [2.24, 2.45) is 0 Å². The quantitative estimate of drug-likeness (QED) is 0.799. The summed E-state index contributed by atoms with van der Waals surface area (Å²) in [4.78, 5) is 11.4. The molecule has 0 saturated heterocycles. The zero-order valence-corrected chi connectivity index (χ0v) is 9.63. The van der Waals surface area contributed by atoms with E-state index < -0.39 is 35.2 Å². The number of benzene rings is 1. The molecule has 0 heterocycles. The number of ketones is 1. The van der Waals surface area contributed by atoms with Gasteiger partial charge in [0.25, 0.3) is 5.92 Å². The summed E-state index contributed by atoms with van der Waals surface area (Å²) < 4.78 is 27.0. The van der Waals surface area contributed by atoms with Gasteiger partial charge in [-0.3, -0.25) is 4.79 Å². The predicted octanol–water partition coefficient (Wildman–Crippen LogP) is 3.19. The molecular weight excluding hydrogens is 230 g/mol. The van der Waals surface area contributed by atoms with E-state index in [0.717, 1.165) is 12.1 Å². The Balaban J connectivity index is 3.45. The molecule has 1 aromatic rings. The second-order valence-corrected chi connectivity index (χ2v) is 3.69. The molecule has 0 spiro atoms. The number of rotatable bonds is 4. The fourth-order valence-corrected chi connectivity index (χ4v) is 1.53.